The fourth-order valence-electron chi connectivity index (χ4n) is 2.48. The molecule has 0 spiro atoms. The van der Waals surface area contributed by atoms with Gasteiger partial charge in [0.05, 0.1) is 6.20 Å². The van der Waals surface area contributed by atoms with E-state index in [4.69, 9.17) is 5.11 Å². The molecule has 20 heavy (non-hydrogen) atoms. The van der Waals surface area contributed by atoms with Crippen LogP contribution in [0.1, 0.15) is 30.6 Å². The van der Waals surface area contributed by atoms with E-state index >= 15 is 0 Å². The van der Waals surface area contributed by atoms with Gasteiger partial charge in [0.2, 0.25) is 0 Å². The maximum Gasteiger partial charge on any atom is 0.339 e. The molecule has 0 amide bonds. The third kappa shape index (κ3) is 3.45. The first-order valence-corrected chi connectivity index (χ1v) is 6.84. The van der Waals surface area contributed by atoms with Crippen molar-refractivity contribution in [2.45, 2.75) is 26.3 Å². The maximum absolute atomic E-state index is 13.0. The maximum atomic E-state index is 13.0. The molecule has 0 saturated carbocycles. The third-order valence-electron chi connectivity index (χ3n) is 3.69. The number of pyridine rings is 1. The normalized spacial score (nSPS) is 19.5. The highest BCUT2D eigenvalue weighted by molar-refractivity contribution is 5.93. The van der Waals surface area contributed by atoms with Gasteiger partial charge in [-0.15, -0.1) is 0 Å². The largest absolute Gasteiger partial charge is 0.478 e. The molecular formula is C14H20FN3O2. The lowest BCUT2D eigenvalue weighted by Crippen LogP contribution is -2.29. The van der Waals surface area contributed by atoms with E-state index in [0.29, 0.717) is 18.5 Å². The van der Waals surface area contributed by atoms with E-state index in [-0.39, 0.29) is 11.4 Å². The van der Waals surface area contributed by atoms with Gasteiger partial charge in [0.15, 0.2) is 0 Å². The summed E-state index contributed by atoms with van der Waals surface area (Å²) in [6, 6.07) is 1.52. The number of hydrogen-bond donors (Lipinski definition) is 2. The third-order valence-corrected chi connectivity index (χ3v) is 3.69. The summed E-state index contributed by atoms with van der Waals surface area (Å²) in [5, 5.41) is 12.1. The predicted octanol–water partition coefficient (Wildman–Crippen LogP) is 2.06. The smallest absolute Gasteiger partial charge is 0.339 e. The van der Waals surface area contributed by atoms with Gasteiger partial charge in [0.1, 0.15) is 17.2 Å². The Morgan fingerprint density at radius 2 is 2.40 bits per heavy atom. The van der Waals surface area contributed by atoms with Crippen LogP contribution < -0.4 is 5.32 Å². The van der Waals surface area contributed by atoms with Crippen LogP contribution in [0.3, 0.4) is 0 Å². The van der Waals surface area contributed by atoms with Crippen molar-refractivity contribution in [3.8, 4) is 0 Å². The minimum absolute atomic E-state index is 0.122. The molecule has 6 heteroatoms. The van der Waals surface area contributed by atoms with E-state index in [1.807, 2.05) is 0 Å². The van der Waals surface area contributed by atoms with E-state index in [0.717, 1.165) is 31.8 Å². The molecule has 1 atom stereocenters. The van der Waals surface area contributed by atoms with Crippen molar-refractivity contribution >= 4 is 11.8 Å². The molecule has 5 nitrogen and oxygen atoms in total. The number of aromatic carboxylic acids is 1. The number of carboxylic acids is 1. The first-order valence-electron chi connectivity index (χ1n) is 6.84. The first-order chi connectivity index (χ1) is 9.47. The second-order valence-electron chi connectivity index (χ2n) is 5.48. The number of aromatic nitrogens is 1. The molecule has 2 heterocycles. The van der Waals surface area contributed by atoms with Crippen LogP contribution in [0, 0.1) is 11.7 Å². The van der Waals surface area contributed by atoms with Gasteiger partial charge in [-0.25, -0.2) is 14.2 Å². The van der Waals surface area contributed by atoms with Crippen molar-refractivity contribution in [1.29, 1.82) is 0 Å². The fourth-order valence-corrected chi connectivity index (χ4v) is 2.48. The van der Waals surface area contributed by atoms with Crippen LogP contribution in [0.5, 0.6) is 0 Å². The standard InChI is InChI=1S/C14H20FN3O2/c1-9(2)18-4-3-10(8-18)6-16-13-12(14(19)20)5-11(15)7-17-13/h5,7,9-10H,3-4,6,8H2,1-2H3,(H,16,17)(H,19,20). The minimum atomic E-state index is -1.17. The molecule has 1 aliphatic heterocycles. The van der Waals surface area contributed by atoms with Crippen LogP contribution in [-0.4, -0.2) is 46.6 Å². The molecule has 2 rings (SSSR count). The van der Waals surface area contributed by atoms with Crippen molar-refractivity contribution in [2.75, 3.05) is 25.0 Å². The lowest BCUT2D eigenvalue weighted by Gasteiger charge is -2.20. The van der Waals surface area contributed by atoms with Gasteiger partial charge in [-0.1, -0.05) is 0 Å². The number of anilines is 1. The summed E-state index contributed by atoms with van der Waals surface area (Å²) < 4.78 is 13.0. The zero-order valence-electron chi connectivity index (χ0n) is 11.8. The molecule has 1 aromatic rings. The van der Waals surface area contributed by atoms with Crippen LogP contribution in [-0.2, 0) is 0 Å². The Morgan fingerprint density at radius 1 is 1.65 bits per heavy atom. The Kier molecular flexibility index (Phi) is 4.54. The second kappa shape index (κ2) is 6.17. The van der Waals surface area contributed by atoms with Gasteiger partial charge in [-0.3, -0.25) is 0 Å². The Balaban J connectivity index is 1.96. The number of carbonyl (C=O) groups is 1. The summed E-state index contributed by atoms with van der Waals surface area (Å²) in [5.41, 5.74) is -0.122. The predicted molar refractivity (Wildman–Crippen MR) is 74.5 cm³/mol. The van der Waals surface area contributed by atoms with Gasteiger partial charge in [-0.2, -0.15) is 0 Å². The summed E-state index contributed by atoms with van der Waals surface area (Å²) in [5.74, 6) is -1.11. The highest BCUT2D eigenvalue weighted by Gasteiger charge is 2.24. The van der Waals surface area contributed by atoms with Crippen molar-refractivity contribution in [3.05, 3.63) is 23.6 Å². The number of nitrogens with one attached hydrogen (secondary N) is 1. The first kappa shape index (κ1) is 14.7. The SMILES string of the molecule is CC(C)N1CCC(CNc2ncc(F)cc2C(=O)O)C1. The quantitative estimate of drug-likeness (QED) is 0.865. The van der Waals surface area contributed by atoms with Crippen molar-refractivity contribution in [3.63, 3.8) is 0 Å². The van der Waals surface area contributed by atoms with Crippen LogP contribution in [0.2, 0.25) is 0 Å². The molecule has 1 fully saturated rings. The van der Waals surface area contributed by atoms with Crippen molar-refractivity contribution in [2.24, 2.45) is 5.92 Å². The van der Waals surface area contributed by atoms with Gasteiger partial charge < -0.3 is 15.3 Å². The molecular weight excluding hydrogens is 261 g/mol. The number of rotatable bonds is 5. The molecule has 1 aromatic heterocycles. The fraction of sp³-hybridized carbons (Fsp3) is 0.571. The Bertz CT molecular complexity index is 493. The molecule has 0 bridgehead atoms. The van der Waals surface area contributed by atoms with Gasteiger partial charge >= 0.3 is 5.97 Å². The average Bonchev–Trinajstić information content (AvgIpc) is 2.86. The Hall–Kier alpha value is -1.69. The van der Waals surface area contributed by atoms with E-state index in [1.54, 1.807) is 0 Å². The highest BCUT2D eigenvalue weighted by atomic mass is 19.1. The number of likely N-dealkylation sites (tertiary alicyclic amines) is 1. The zero-order valence-corrected chi connectivity index (χ0v) is 11.8. The molecule has 0 aliphatic carbocycles. The Morgan fingerprint density at radius 3 is 3.00 bits per heavy atom. The van der Waals surface area contributed by atoms with E-state index in [2.05, 4.69) is 29.0 Å². The average molecular weight is 281 g/mol. The van der Waals surface area contributed by atoms with E-state index in [9.17, 15) is 9.18 Å². The summed E-state index contributed by atoms with van der Waals surface area (Å²) in [7, 11) is 0. The van der Waals surface area contributed by atoms with Crippen molar-refractivity contribution in [1.82, 2.24) is 9.88 Å². The van der Waals surface area contributed by atoms with Crippen molar-refractivity contribution < 1.29 is 14.3 Å². The van der Waals surface area contributed by atoms with Crippen LogP contribution in [0.4, 0.5) is 10.2 Å². The van der Waals surface area contributed by atoms with Gasteiger partial charge in [0.25, 0.3) is 0 Å². The highest BCUT2D eigenvalue weighted by Crippen LogP contribution is 2.20. The monoisotopic (exact) mass is 281 g/mol. The lowest BCUT2D eigenvalue weighted by molar-refractivity contribution is 0.0697. The molecule has 1 saturated heterocycles. The molecule has 0 radical (unpaired) electrons. The summed E-state index contributed by atoms with van der Waals surface area (Å²) in [6.45, 7) is 7.04. The number of halogens is 1. The van der Waals surface area contributed by atoms with Gasteiger partial charge in [0, 0.05) is 19.1 Å². The number of carboxylic acid groups (broad SMARTS) is 1. The number of hydrogen-bond acceptors (Lipinski definition) is 4. The van der Waals surface area contributed by atoms with E-state index in [1.165, 1.54) is 0 Å². The minimum Gasteiger partial charge on any atom is -0.478 e. The zero-order chi connectivity index (χ0) is 14.7. The van der Waals surface area contributed by atoms with Crippen LogP contribution >= 0.6 is 0 Å². The van der Waals surface area contributed by atoms with E-state index < -0.39 is 11.8 Å². The topological polar surface area (TPSA) is 65.5 Å². The Labute approximate surface area is 117 Å². The van der Waals surface area contributed by atoms with Crippen LogP contribution in [0.15, 0.2) is 12.3 Å². The molecule has 1 unspecified atom stereocenters. The second-order valence-corrected chi connectivity index (χ2v) is 5.48. The molecule has 2 N–H and O–H groups in total. The summed E-state index contributed by atoms with van der Waals surface area (Å²) >= 11 is 0. The molecule has 1 aliphatic rings. The lowest BCUT2D eigenvalue weighted by atomic mass is 10.1. The summed E-state index contributed by atoms with van der Waals surface area (Å²) in [4.78, 5) is 17.3. The van der Waals surface area contributed by atoms with Crippen LogP contribution in [0.25, 0.3) is 0 Å². The molecule has 110 valence electrons. The number of nitrogens with zero attached hydrogens (tertiary/aromatic N) is 2. The molecule has 0 aromatic carbocycles. The summed E-state index contributed by atoms with van der Waals surface area (Å²) in [6.07, 6.45) is 2.11. The van der Waals surface area contributed by atoms with Gasteiger partial charge in [-0.05, 0) is 38.8 Å².